The molecule has 3 heteroatoms. The molecule has 222 valence electrons. The Bertz CT molecular complexity index is 2180. The van der Waals surface area contributed by atoms with Crippen LogP contribution >= 0.6 is 8.46 Å². The fourth-order valence-electron chi connectivity index (χ4n) is 7.39. The molecule has 0 heterocycles. The Morgan fingerprint density at radius 3 is 0.957 bits per heavy atom. The average Bonchev–Trinajstić information content (AvgIpc) is 3.16. The van der Waals surface area contributed by atoms with Crippen molar-refractivity contribution in [2.24, 2.45) is 0 Å². The zero-order chi connectivity index (χ0) is 31.6. The van der Waals surface area contributed by atoms with Gasteiger partial charge in [0, 0.05) is 5.30 Å². The van der Waals surface area contributed by atoms with Gasteiger partial charge in [-0.15, -0.1) is 0 Å². The molecule has 0 bridgehead atoms. The minimum absolute atomic E-state index is 0.0378. The van der Waals surface area contributed by atoms with Gasteiger partial charge in [-0.1, -0.05) is 176 Å². The van der Waals surface area contributed by atoms with Crippen molar-refractivity contribution in [2.45, 2.75) is 0 Å². The molecule has 0 atom stereocenters. The van der Waals surface area contributed by atoms with Crippen LogP contribution in [-0.4, -0.2) is 8.07 Å². The van der Waals surface area contributed by atoms with Crippen molar-refractivity contribution in [2.75, 3.05) is 0 Å². The van der Waals surface area contributed by atoms with E-state index in [-0.39, 0.29) is 8.46 Å². The Kier molecular flexibility index (Phi) is 7.67. The van der Waals surface area contributed by atoms with Crippen molar-refractivity contribution in [1.29, 1.82) is 0 Å². The van der Waals surface area contributed by atoms with Crippen molar-refractivity contribution >= 4 is 64.1 Å². The van der Waals surface area contributed by atoms with Gasteiger partial charge in [0.15, 0.2) is 16.5 Å². The Labute approximate surface area is 278 Å². The van der Waals surface area contributed by atoms with E-state index in [1.807, 2.05) is 12.1 Å². The Balaban J connectivity index is 1.38. The molecule has 47 heavy (non-hydrogen) atoms. The van der Waals surface area contributed by atoms with Crippen molar-refractivity contribution in [1.82, 2.24) is 0 Å². The second kappa shape index (κ2) is 12.4. The largest absolute Gasteiger partial charge is 0.269 e. The van der Waals surface area contributed by atoms with Crippen molar-refractivity contribution in [3.05, 3.63) is 188 Å². The number of hydrogen-bond acceptors (Lipinski definition) is 1. The molecule has 8 rings (SSSR count). The maximum atomic E-state index is 11.5. The van der Waals surface area contributed by atoms with Crippen LogP contribution in [0.25, 0.3) is 43.8 Å². The Hall–Kier alpha value is -5.40. The van der Waals surface area contributed by atoms with Gasteiger partial charge in [0.05, 0.1) is 0 Å². The van der Waals surface area contributed by atoms with Crippen molar-refractivity contribution in [3.63, 3.8) is 0 Å². The van der Waals surface area contributed by atoms with E-state index >= 15 is 0 Å². The standard InChI is InChI=1S/C44H31OPSi/c45-46-34-28-24-32(25-29-34)43-39-20-10-12-22-41(39)44(42-23-13-11-21-40(42)43)33-26-30-38(31-27-33)47(35-14-4-1-5-15-35,36-16-6-2-7-17-36)37-18-8-3-9-19-37/h1-31H. The highest BCUT2D eigenvalue weighted by atomic mass is 31.1. The van der Waals surface area contributed by atoms with E-state index < -0.39 is 8.07 Å². The molecule has 0 aliphatic rings. The van der Waals surface area contributed by atoms with Gasteiger partial charge in [-0.3, -0.25) is 4.57 Å². The molecule has 0 aliphatic carbocycles. The van der Waals surface area contributed by atoms with Crippen molar-refractivity contribution in [3.8, 4) is 22.3 Å². The molecule has 0 fully saturated rings. The van der Waals surface area contributed by atoms with Crippen LogP contribution in [0.3, 0.4) is 0 Å². The second-order valence-corrected chi connectivity index (χ2v) is 16.4. The molecular weight excluding hydrogens is 604 g/mol. The predicted molar refractivity (Wildman–Crippen MR) is 203 cm³/mol. The molecule has 0 saturated heterocycles. The first kappa shape index (κ1) is 29.0. The molecular formula is C44H31OPSi. The van der Waals surface area contributed by atoms with Gasteiger partial charge in [0.25, 0.3) is 0 Å². The van der Waals surface area contributed by atoms with E-state index in [0.717, 1.165) is 10.9 Å². The van der Waals surface area contributed by atoms with Gasteiger partial charge in [-0.25, -0.2) is 0 Å². The first-order chi connectivity index (χ1) is 23.3. The summed E-state index contributed by atoms with van der Waals surface area (Å²) in [4.78, 5) is 0. The molecule has 0 N–H and O–H groups in total. The van der Waals surface area contributed by atoms with E-state index in [1.54, 1.807) is 0 Å². The van der Waals surface area contributed by atoms with Crippen LogP contribution in [0.2, 0.25) is 0 Å². The van der Waals surface area contributed by atoms with E-state index in [2.05, 4.69) is 176 Å². The summed E-state index contributed by atoms with van der Waals surface area (Å²) in [5, 5.41) is 11.1. The van der Waals surface area contributed by atoms with Crippen molar-refractivity contribution < 1.29 is 4.57 Å². The summed E-state index contributed by atoms with van der Waals surface area (Å²) in [5.41, 5.74) is 4.77. The number of rotatable bonds is 7. The first-order valence-electron chi connectivity index (χ1n) is 15.9. The van der Waals surface area contributed by atoms with Gasteiger partial charge in [0.2, 0.25) is 0 Å². The van der Waals surface area contributed by atoms with Crippen LogP contribution in [-0.2, 0) is 4.57 Å². The fourth-order valence-corrected chi connectivity index (χ4v) is 12.4. The zero-order valence-electron chi connectivity index (χ0n) is 25.8. The molecule has 0 amide bonds. The summed E-state index contributed by atoms with van der Waals surface area (Å²) >= 11 is 0. The lowest BCUT2D eigenvalue weighted by Gasteiger charge is -2.34. The lowest BCUT2D eigenvalue weighted by atomic mass is 9.86. The molecule has 1 nitrogen and oxygen atoms in total. The summed E-state index contributed by atoms with van der Waals surface area (Å²) in [6.45, 7) is 0. The third kappa shape index (κ3) is 4.94. The molecule has 8 aromatic rings. The minimum Gasteiger partial charge on any atom is -0.269 e. The number of benzene rings is 8. The lowest BCUT2D eigenvalue weighted by molar-refractivity contribution is 0.603. The van der Waals surface area contributed by atoms with Crippen LogP contribution < -0.4 is 26.1 Å². The highest BCUT2D eigenvalue weighted by Crippen LogP contribution is 2.43. The molecule has 8 aromatic carbocycles. The third-order valence-electron chi connectivity index (χ3n) is 9.42. The summed E-state index contributed by atoms with van der Waals surface area (Å²) < 4.78 is 11.5. The van der Waals surface area contributed by atoms with Crippen LogP contribution in [0.15, 0.2) is 188 Å². The van der Waals surface area contributed by atoms with E-state index in [4.69, 9.17) is 0 Å². The maximum absolute atomic E-state index is 11.5. The van der Waals surface area contributed by atoms with Gasteiger partial charge in [-0.05, 0) is 76.7 Å². The quantitative estimate of drug-likeness (QED) is 0.0743. The smallest absolute Gasteiger partial charge is 0.192 e. The summed E-state index contributed by atoms with van der Waals surface area (Å²) in [6, 6.07) is 68.2. The summed E-state index contributed by atoms with van der Waals surface area (Å²) in [7, 11) is -2.58. The molecule has 0 aromatic heterocycles. The molecule has 0 unspecified atom stereocenters. The highest BCUT2D eigenvalue weighted by molar-refractivity contribution is 7.34. The SMILES string of the molecule is O=Pc1ccc(-c2c3ccccc3c(-c3ccc([Si](c4ccccc4)(c4ccccc4)c4ccccc4)cc3)c3ccccc23)cc1. The first-order valence-corrected chi connectivity index (χ1v) is 18.7. The number of fused-ring (bicyclic) bond motifs is 2. The summed E-state index contributed by atoms with van der Waals surface area (Å²) in [5.74, 6) is 0. The summed E-state index contributed by atoms with van der Waals surface area (Å²) in [6.07, 6.45) is 0. The topological polar surface area (TPSA) is 17.1 Å². The van der Waals surface area contributed by atoms with Crippen LogP contribution in [0, 0.1) is 0 Å². The second-order valence-electron chi connectivity index (χ2n) is 11.9. The third-order valence-corrected chi connectivity index (χ3v) is 14.7. The van der Waals surface area contributed by atoms with E-state index in [0.29, 0.717) is 0 Å². The van der Waals surface area contributed by atoms with Gasteiger partial charge in [-0.2, -0.15) is 0 Å². The predicted octanol–water partition coefficient (Wildman–Crippen LogP) is 8.62. The minimum atomic E-state index is -2.61. The van der Waals surface area contributed by atoms with Gasteiger partial charge in [0.1, 0.15) is 0 Å². The van der Waals surface area contributed by atoms with E-state index in [1.165, 1.54) is 59.0 Å². The molecule has 0 aliphatic heterocycles. The van der Waals surface area contributed by atoms with Crippen LogP contribution in [0.1, 0.15) is 0 Å². The normalized spacial score (nSPS) is 11.7. The highest BCUT2D eigenvalue weighted by Gasteiger charge is 2.41. The molecule has 0 radical (unpaired) electrons. The molecule has 0 saturated carbocycles. The van der Waals surface area contributed by atoms with Crippen LogP contribution in [0.4, 0.5) is 0 Å². The molecule has 0 spiro atoms. The maximum Gasteiger partial charge on any atom is 0.192 e. The van der Waals surface area contributed by atoms with Gasteiger partial charge < -0.3 is 0 Å². The Morgan fingerprint density at radius 2 is 0.617 bits per heavy atom. The zero-order valence-corrected chi connectivity index (χ0v) is 27.6. The Morgan fingerprint density at radius 1 is 0.319 bits per heavy atom. The van der Waals surface area contributed by atoms with Gasteiger partial charge >= 0.3 is 0 Å². The monoisotopic (exact) mass is 634 g/mol. The fraction of sp³-hybridized carbons (Fsp3) is 0. The number of hydrogen-bond donors (Lipinski definition) is 0. The average molecular weight is 635 g/mol. The van der Waals surface area contributed by atoms with E-state index in [9.17, 15) is 4.57 Å². The lowest BCUT2D eigenvalue weighted by Crippen LogP contribution is -2.74. The van der Waals surface area contributed by atoms with Crippen LogP contribution in [0.5, 0.6) is 0 Å².